The molecule has 1 aromatic heterocycles. The molecule has 1 aromatic rings. The molecule has 0 spiro atoms. The van der Waals surface area contributed by atoms with E-state index in [0.717, 1.165) is 37.8 Å². The molecule has 0 saturated carbocycles. The molecule has 21 heavy (non-hydrogen) atoms. The zero-order valence-corrected chi connectivity index (χ0v) is 13.3. The van der Waals surface area contributed by atoms with Crippen molar-refractivity contribution in [1.29, 1.82) is 0 Å². The minimum atomic E-state index is 0.0585. The van der Waals surface area contributed by atoms with Crippen molar-refractivity contribution in [3.8, 4) is 0 Å². The number of hydrogen-bond donors (Lipinski definition) is 1. The Morgan fingerprint density at radius 1 is 1.29 bits per heavy atom. The predicted molar refractivity (Wildman–Crippen MR) is 85.3 cm³/mol. The number of carbonyl (C=O) groups excluding carboxylic acids is 1. The number of rotatable bonds is 5. The first kappa shape index (κ1) is 15.7. The van der Waals surface area contributed by atoms with Gasteiger partial charge in [0, 0.05) is 19.0 Å². The lowest BCUT2D eigenvalue weighted by Gasteiger charge is -2.30. The molecule has 116 valence electrons. The van der Waals surface area contributed by atoms with Gasteiger partial charge in [-0.05, 0) is 31.6 Å². The van der Waals surface area contributed by atoms with E-state index in [1.807, 2.05) is 13.8 Å². The molecule has 5 heteroatoms. The third kappa shape index (κ3) is 4.16. The van der Waals surface area contributed by atoms with Crippen molar-refractivity contribution in [1.82, 2.24) is 9.97 Å². The van der Waals surface area contributed by atoms with Gasteiger partial charge in [-0.1, -0.05) is 20.8 Å². The van der Waals surface area contributed by atoms with Crippen LogP contribution in [0, 0.1) is 11.8 Å². The Labute approximate surface area is 127 Å². The number of piperidine rings is 1. The summed E-state index contributed by atoms with van der Waals surface area (Å²) in [5.41, 5.74) is 0.682. The molecular formula is C16H26N4O. The summed E-state index contributed by atoms with van der Waals surface area (Å²) >= 11 is 0. The number of hydrogen-bond acceptors (Lipinski definition) is 4. The van der Waals surface area contributed by atoms with Crippen LogP contribution in [-0.2, 0) is 4.79 Å². The van der Waals surface area contributed by atoms with E-state index in [0.29, 0.717) is 5.69 Å². The van der Waals surface area contributed by atoms with E-state index in [1.165, 1.54) is 12.8 Å². The Morgan fingerprint density at radius 3 is 2.38 bits per heavy atom. The van der Waals surface area contributed by atoms with Crippen LogP contribution in [0.15, 0.2) is 12.4 Å². The average Bonchev–Trinajstić information content (AvgIpc) is 2.50. The highest BCUT2D eigenvalue weighted by atomic mass is 16.1. The van der Waals surface area contributed by atoms with Gasteiger partial charge in [-0.15, -0.1) is 0 Å². The molecule has 0 aromatic carbocycles. The van der Waals surface area contributed by atoms with Crippen molar-refractivity contribution in [2.75, 3.05) is 23.3 Å². The number of carbonyl (C=O) groups is 1. The Bertz CT molecular complexity index is 448. The monoisotopic (exact) mass is 290 g/mol. The van der Waals surface area contributed by atoms with Gasteiger partial charge in [0.05, 0.1) is 18.1 Å². The standard InChI is InChI=1S/C16H26N4O/c1-4-13(5-2)15(21)19-14-10-17-16(18-11-14)20-8-6-12(3)7-9-20/h10-13H,4-9H2,1-3H3,(H,19,21). The van der Waals surface area contributed by atoms with Gasteiger partial charge in [0.2, 0.25) is 11.9 Å². The lowest BCUT2D eigenvalue weighted by molar-refractivity contribution is -0.120. The predicted octanol–water partition coefficient (Wildman–Crippen LogP) is 3.09. The molecule has 0 aliphatic carbocycles. The Balaban J connectivity index is 1.94. The lowest BCUT2D eigenvalue weighted by Crippen LogP contribution is -2.34. The topological polar surface area (TPSA) is 58.1 Å². The van der Waals surface area contributed by atoms with Gasteiger partial charge in [0.1, 0.15) is 0 Å². The second kappa shape index (κ2) is 7.38. The number of nitrogens with one attached hydrogen (secondary N) is 1. The van der Waals surface area contributed by atoms with Crippen molar-refractivity contribution in [3.05, 3.63) is 12.4 Å². The maximum atomic E-state index is 12.0. The minimum absolute atomic E-state index is 0.0585. The molecule has 1 fully saturated rings. The van der Waals surface area contributed by atoms with Gasteiger partial charge in [0.15, 0.2) is 0 Å². The fraction of sp³-hybridized carbons (Fsp3) is 0.688. The highest BCUT2D eigenvalue weighted by molar-refractivity contribution is 5.92. The van der Waals surface area contributed by atoms with Gasteiger partial charge in [-0.2, -0.15) is 0 Å². The quantitative estimate of drug-likeness (QED) is 0.905. The second-order valence-electron chi connectivity index (χ2n) is 5.94. The molecule has 1 amide bonds. The first-order chi connectivity index (χ1) is 10.1. The van der Waals surface area contributed by atoms with Gasteiger partial charge in [-0.25, -0.2) is 9.97 Å². The fourth-order valence-electron chi connectivity index (χ4n) is 2.66. The van der Waals surface area contributed by atoms with E-state index in [2.05, 4.69) is 27.1 Å². The van der Waals surface area contributed by atoms with Crippen molar-refractivity contribution in [2.45, 2.75) is 46.5 Å². The van der Waals surface area contributed by atoms with Gasteiger partial charge < -0.3 is 10.2 Å². The highest BCUT2D eigenvalue weighted by Gasteiger charge is 2.18. The SMILES string of the molecule is CCC(CC)C(=O)Nc1cnc(N2CCC(C)CC2)nc1. The number of anilines is 2. The van der Waals surface area contributed by atoms with E-state index in [9.17, 15) is 4.79 Å². The molecule has 1 saturated heterocycles. The van der Waals surface area contributed by atoms with Crippen LogP contribution in [0.5, 0.6) is 0 Å². The van der Waals surface area contributed by atoms with Crippen molar-refractivity contribution in [3.63, 3.8) is 0 Å². The summed E-state index contributed by atoms with van der Waals surface area (Å²) in [6.45, 7) is 8.38. The van der Waals surface area contributed by atoms with Crippen LogP contribution in [0.1, 0.15) is 46.5 Å². The molecule has 5 nitrogen and oxygen atoms in total. The highest BCUT2D eigenvalue weighted by Crippen LogP contribution is 2.20. The van der Waals surface area contributed by atoms with E-state index in [1.54, 1.807) is 12.4 Å². The largest absolute Gasteiger partial charge is 0.341 e. The van der Waals surface area contributed by atoms with Crippen molar-refractivity contribution in [2.24, 2.45) is 11.8 Å². The molecular weight excluding hydrogens is 264 g/mol. The van der Waals surface area contributed by atoms with E-state index in [-0.39, 0.29) is 11.8 Å². The van der Waals surface area contributed by atoms with E-state index < -0.39 is 0 Å². The lowest BCUT2D eigenvalue weighted by atomic mass is 10.00. The summed E-state index contributed by atoms with van der Waals surface area (Å²) in [6, 6.07) is 0. The van der Waals surface area contributed by atoms with Crippen LogP contribution in [-0.4, -0.2) is 29.0 Å². The normalized spacial score (nSPS) is 16.3. The van der Waals surface area contributed by atoms with Crippen LogP contribution in [0.3, 0.4) is 0 Å². The molecule has 1 aliphatic rings. The summed E-state index contributed by atoms with van der Waals surface area (Å²) < 4.78 is 0. The molecule has 1 aliphatic heterocycles. The third-order valence-electron chi connectivity index (χ3n) is 4.33. The Morgan fingerprint density at radius 2 is 1.86 bits per heavy atom. The maximum Gasteiger partial charge on any atom is 0.227 e. The minimum Gasteiger partial charge on any atom is -0.341 e. The number of nitrogens with zero attached hydrogens (tertiary/aromatic N) is 3. The maximum absolute atomic E-state index is 12.0. The molecule has 0 atom stereocenters. The van der Waals surface area contributed by atoms with Crippen LogP contribution in [0.2, 0.25) is 0 Å². The molecule has 1 N–H and O–H groups in total. The fourth-order valence-corrected chi connectivity index (χ4v) is 2.66. The molecule has 0 unspecified atom stereocenters. The summed E-state index contributed by atoms with van der Waals surface area (Å²) in [7, 11) is 0. The smallest absolute Gasteiger partial charge is 0.227 e. The van der Waals surface area contributed by atoms with Crippen LogP contribution >= 0.6 is 0 Å². The van der Waals surface area contributed by atoms with Crippen molar-refractivity contribution < 1.29 is 4.79 Å². The van der Waals surface area contributed by atoms with E-state index in [4.69, 9.17) is 0 Å². The summed E-state index contributed by atoms with van der Waals surface area (Å²) in [6.07, 6.45) is 7.51. The van der Waals surface area contributed by atoms with Gasteiger partial charge in [0.25, 0.3) is 0 Å². The van der Waals surface area contributed by atoms with Crippen LogP contribution < -0.4 is 10.2 Å². The zero-order chi connectivity index (χ0) is 15.2. The van der Waals surface area contributed by atoms with E-state index >= 15 is 0 Å². The third-order valence-corrected chi connectivity index (χ3v) is 4.33. The zero-order valence-electron chi connectivity index (χ0n) is 13.3. The van der Waals surface area contributed by atoms with Crippen LogP contribution in [0.4, 0.5) is 11.6 Å². The molecule has 2 heterocycles. The Hall–Kier alpha value is -1.65. The Kier molecular flexibility index (Phi) is 5.53. The number of amides is 1. The summed E-state index contributed by atoms with van der Waals surface area (Å²) in [4.78, 5) is 23.0. The average molecular weight is 290 g/mol. The van der Waals surface area contributed by atoms with Crippen molar-refractivity contribution >= 4 is 17.5 Å². The summed E-state index contributed by atoms with van der Waals surface area (Å²) in [5.74, 6) is 1.68. The number of aromatic nitrogens is 2. The molecule has 0 bridgehead atoms. The second-order valence-corrected chi connectivity index (χ2v) is 5.94. The molecule has 2 rings (SSSR count). The van der Waals surface area contributed by atoms with Gasteiger partial charge >= 0.3 is 0 Å². The first-order valence-electron chi connectivity index (χ1n) is 8.01. The molecule has 0 radical (unpaired) electrons. The summed E-state index contributed by atoms with van der Waals surface area (Å²) in [5, 5.41) is 2.90. The van der Waals surface area contributed by atoms with Gasteiger partial charge in [-0.3, -0.25) is 4.79 Å². The van der Waals surface area contributed by atoms with Crippen LogP contribution in [0.25, 0.3) is 0 Å². The first-order valence-corrected chi connectivity index (χ1v) is 8.01.